The average Bonchev–Trinajstić information content (AvgIpc) is 2.47. The highest BCUT2D eigenvalue weighted by Crippen LogP contribution is 2.12. The predicted molar refractivity (Wildman–Crippen MR) is 66.4 cm³/mol. The van der Waals surface area contributed by atoms with E-state index in [0.717, 1.165) is 17.9 Å². The summed E-state index contributed by atoms with van der Waals surface area (Å²) in [4.78, 5) is 24.1. The van der Waals surface area contributed by atoms with Crippen LogP contribution in [-0.4, -0.2) is 47.4 Å². The van der Waals surface area contributed by atoms with Crippen LogP contribution in [0.5, 0.6) is 0 Å². The minimum absolute atomic E-state index is 0.0855. The summed E-state index contributed by atoms with van der Waals surface area (Å²) in [6.45, 7) is 4.20. The SMILES string of the molecule is CCSCCC(C)NC1CC(=O)N(C)C1=O. The van der Waals surface area contributed by atoms with Crippen molar-refractivity contribution in [2.24, 2.45) is 0 Å². The number of nitrogens with zero attached hydrogens (tertiary/aromatic N) is 1. The molecule has 1 N–H and O–H groups in total. The smallest absolute Gasteiger partial charge is 0.246 e. The molecule has 2 unspecified atom stereocenters. The molecule has 0 bridgehead atoms. The van der Waals surface area contributed by atoms with Gasteiger partial charge in [0.25, 0.3) is 0 Å². The number of carbonyl (C=O) groups excluding carboxylic acids is 2. The van der Waals surface area contributed by atoms with Crippen molar-refractivity contribution in [1.82, 2.24) is 10.2 Å². The fourth-order valence-electron chi connectivity index (χ4n) is 1.72. The van der Waals surface area contributed by atoms with Gasteiger partial charge in [0.2, 0.25) is 11.8 Å². The monoisotopic (exact) mass is 244 g/mol. The largest absolute Gasteiger partial charge is 0.303 e. The Morgan fingerprint density at radius 2 is 2.25 bits per heavy atom. The number of amides is 2. The fourth-order valence-corrected chi connectivity index (χ4v) is 2.53. The fraction of sp³-hybridized carbons (Fsp3) is 0.818. The lowest BCUT2D eigenvalue weighted by molar-refractivity contribution is -0.137. The average molecular weight is 244 g/mol. The van der Waals surface area contributed by atoms with E-state index >= 15 is 0 Å². The maximum absolute atomic E-state index is 11.6. The highest BCUT2D eigenvalue weighted by atomic mass is 32.2. The highest BCUT2D eigenvalue weighted by Gasteiger charge is 2.36. The summed E-state index contributed by atoms with van der Waals surface area (Å²) in [5, 5.41) is 3.22. The Balaban J connectivity index is 2.32. The number of likely N-dealkylation sites (tertiary alicyclic amines) is 1. The molecule has 0 radical (unpaired) electrons. The standard InChI is InChI=1S/C11H20N2O2S/c1-4-16-6-5-8(2)12-9-7-10(14)13(3)11(9)15/h8-9,12H,4-7H2,1-3H3. The van der Waals surface area contributed by atoms with E-state index in [2.05, 4.69) is 19.2 Å². The van der Waals surface area contributed by atoms with E-state index in [0.29, 0.717) is 6.42 Å². The molecule has 0 aromatic heterocycles. The van der Waals surface area contributed by atoms with Crippen molar-refractivity contribution in [3.63, 3.8) is 0 Å². The summed E-state index contributed by atoms with van der Waals surface area (Å²) >= 11 is 1.89. The second-order valence-electron chi connectivity index (χ2n) is 4.10. The molecule has 1 aliphatic rings. The molecule has 1 saturated heterocycles. The Morgan fingerprint density at radius 1 is 1.56 bits per heavy atom. The third kappa shape index (κ3) is 3.49. The van der Waals surface area contributed by atoms with E-state index in [1.165, 1.54) is 4.90 Å². The Labute approximate surface area is 101 Å². The van der Waals surface area contributed by atoms with Crippen LogP contribution in [0, 0.1) is 0 Å². The lowest BCUT2D eigenvalue weighted by Crippen LogP contribution is -2.42. The van der Waals surface area contributed by atoms with Crippen LogP contribution in [0.1, 0.15) is 26.7 Å². The maximum atomic E-state index is 11.6. The van der Waals surface area contributed by atoms with E-state index in [-0.39, 0.29) is 23.9 Å². The van der Waals surface area contributed by atoms with Crippen LogP contribution in [-0.2, 0) is 9.59 Å². The number of hydrogen-bond acceptors (Lipinski definition) is 4. The van der Waals surface area contributed by atoms with Crippen molar-refractivity contribution >= 4 is 23.6 Å². The van der Waals surface area contributed by atoms with E-state index in [1.54, 1.807) is 7.05 Å². The Hall–Kier alpha value is -0.550. The van der Waals surface area contributed by atoms with Crippen LogP contribution in [0.25, 0.3) is 0 Å². The summed E-state index contributed by atoms with van der Waals surface area (Å²) in [5.41, 5.74) is 0. The van der Waals surface area contributed by atoms with Crippen molar-refractivity contribution in [3.05, 3.63) is 0 Å². The lowest BCUT2D eigenvalue weighted by atomic mass is 10.2. The van der Waals surface area contributed by atoms with Crippen molar-refractivity contribution in [3.8, 4) is 0 Å². The topological polar surface area (TPSA) is 49.4 Å². The van der Waals surface area contributed by atoms with Gasteiger partial charge >= 0.3 is 0 Å². The number of carbonyl (C=O) groups is 2. The molecule has 2 amide bonds. The molecular formula is C11H20N2O2S. The Bertz CT molecular complexity index is 271. The Morgan fingerprint density at radius 3 is 2.75 bits per heavy atom. The van der Waals surface area contributed by atoms with E-state index in [4.69, 9.17) is 0 Å². The van der Waals surface area contributed by atoms with E-state index in [1.807, 2.05) is 11.8 Å². The highest BCUT2D eigenvalue weighted by molar-refractivity contribution is 7.99. The normalized spacial score (nSPS) is 22.9. The molecule has 16 heavy (non-hydrogen) atoms. The zero-order valence-corrected chi connectivity index (χ0v) is 11.0. The first-order valence-electron chi connectivity index (χ1n) is 5.70. The number of thioether (sulfide) groups is 1. The summed E-state index contributed by atoms with van der Waals surface area (Å²) in [6, 6.07) is -0.0218. The zero-order valence-electron chi connectivity index (χ0n) is 10.2. The molecule has 92 valence electrons. The second kappa shape index (κ2) is 6.25. The molecule has 0 aromatic carbocycles. The molecule has 1 rings (SSSR count). The minimum Gasteiger partial charge on any atom is -0.303 e. The summed E-state index contributed by atoms with van der Waals surface area (Å²) in [5.74, 6) is 2.03. The predicted octanol–water partition coefficient (Wildman–Crippen LogP) is 0.865. The number of likely N-dealkylation sites (N-methyl/N-ethyl adjacent to an activating group) is 1. The van der Waals surface area contributed by atoms with Crippen LogP contribution in [0.15, 0.2) is 0 Å². The van der Waals surface area contributed by atoms with Gasteiger partial charge in [-0.05, 0) is 24.9 Å². The number of hydrogen-bond donors (Lipinski definition) is 1. The zero-order chi connectivity index (χ0) is 12.1. The van der Waals surface area contributed by atoms with Crippen molar-refractivity contribution in [2.45, 2.75) is 38.8 Å². The molecule has 4 nitrogen and oxygen atoms in total. The molecule has 0 aromatic rings. The van der Waals surface area contributed by atoms with Gasteiger partial charge in [0.1, 0.15) is 0 Å². The molecule has 2 atom stereocenters. The van der Waals surface area contributed by atoms with Gasteiger partial charge in [-0.3, -0.25) is 14.5 Å². The quantitative estimate of drug-likeness (QED) is 0.556. The van der Waals surface area contributed by atoms with Gasteiger partial charge in [0.15, 0.2) is 0 Å². The van der Waals surface area contributed by atoms with Crippen molar-refractivity contribution in [1.29, 1.82) is 0 Å². The van der Waals surface area contributed by atoms with Crippen LogP contribution in [0.4, 0.5) is 0 Å². The summed E-state index contributed by atoms with van der Waals surface area (Å²) < 4.78 is 0. The van der Waals surface area contributed by atoms with Crippen LogP contribution >= 0.6 is 11.8 Å². The van der Waals surface area contributed by atoms with Gasteiger partial charge in [-0.1, -0.05) is 6.92 Å². The van der Waals surface area contributed by atoms with Gasteiger partial charge < -0.3 is 5.32 Å². The molecule has 0 spiro atoms. The van der Waals surface area contributed by atoms with Gasteiger partial charge in [0.05, 0.1) is 12.5 Å². The molecule has 1 heterocycles. The lowest BCUT2D eigenvalue weighted by Gasteiger charge is -2.17. The first kappa shape index (κ1) is 13.5. The van der Waals surface area contributed by atoms with Gasteiger partial charge in [-0.15, -0.1) is 0 Å². The molecule has 0 aliphatic carbocycles. The summed E-state index contributed by atoms with van der Waals surface area (Å²) in [6.07, 6.45) is 1.33. The van der Waals surface area contributed by atoms with E-state index < -0.39 is 0 Å². The number of rotatable bonds is 6. The van der Waals surface area contributed by atoms with Crippen molar-refractivity contribution in [2.75, 3.05) is 18.6 Å². The first-order valence-corrected chi connectivity index (χ1v) is 6.86. The number of imide groups is 1. The third-order valence-corrected chi connectivity index (χ3v) is 3.70. The first-order chi connectivity index (χ1) is 7.56. The van der Waals surface area contributed by atoms with Crippen LogP contribution in [0.3, 0.4) is 0 Å². The Kier molecular flexibility index (Phi) is 5.28. The maximum Gasteiger partial charge on any atom is 0.246 e. The third-order valence-electron chi connectivity index (χ3n) is 2.77. The molecule has 5 heteroatoms. The number of nitrogens with one attached hydrogen (secondary N) is 1. The molecule has 1 fully saturated rings. The van der Waals surface area contributed by atoms with Crippen LogP contribution < -0.4 is 5.32 Å². The van der Waals surface area contributed by atoms with Crippen LogP contribution in [0.2, 0.25) is 0 Å². The molecule has 1 aliphatic heterocycles. The van der Waals surface area contributed by atoms with Crippen molar-refractivity contribution < 1.29 is 9.59 Å². The second-order valence-corrected chi connectivity index (χ2v) is 5.49. The van der Waals surface area contributed by atoms with Gasteiger partial charge in [-0.2, -0.15) is 11.8 Å². The molecular weight excluding hydrogens is 224 g/mol. The van der Waals surface area contributed by atoms with Gasteiger partial charge in [0, 0.05) is 13.1 Å². The molecule has 0 saturated carbocycles. The van der Waals surface area contributed by atoms with E-state index in [9.17, 15) is 9.59 Å². The summed E-state index contributed by atoms with van der Waals surface area (Å²) in [7, 11) is 1.55. The van der Waals surface area contributed by atoms with Gasteiger partial charge in [-0.25, -0.2) is 0 Å². The minimum atomic E-state index is -0.306.